The number of aliphatic hydroxyl groups excluding tert-OH is 1. The van der Waals surface area contributed by atoms with Crippen LogP contribution in [0.2, 0.25) is 0 Å². The molecule has 1 amide bonds. The van der Waals surface area contributed by atoms with Gasteiger partial charge in [-0.15, -0.1) is 0 Å². The lowest BCUT2D eigenvalue weighted by Crippen LogP contribution is -2.43. The number of aliphatic hydroxyl groups is 1. The third kappa shape index (κ3) is 2.38. The van der Waals surface area contributed by atoms with Crippen molar-refractivity contribution >= 4 is 17.4 Å². The molecule has 1 aromatic heterocycles. The van der Waals surface area contributed by atoms with Crippen molar-refractivity contribution in [3.63, 3.8) is 0 Å². The summed E-state index contributed by atoms with van der Waals surface area (Å²) >= 11 is 0. The molecule has 2 heterocycles. The lowest BCUT2D eigenvalue weighted by atomic mass is 9.96. The first-order chi connectivity index (χ1) is 8.49. The molecule has 2 unspecified atom stereocenters. The zero-order valence-corrected chi connectivity index (χ0v) is 10.3. The van der Waals surface area contributed by atoms with Crippen LogP contribution in [0.5, 0.6) is 0 Å². The molecular weight excluding hydrogens is 232 g/mol. The summed E-state index contributed by atoms with van der Waals surface area (Å²) in [7, 11) is 0. The topological polar surface area (TPSA) is 105 Å². The van der Waals surface area contributed by atoms with Crippen LogP contribution in [-0.4, -0.2) is 35.2 Å². The van der Waals surface area contributed by atoms with Crippen LogP contribution < -0.4 is 16.4 Å². The van der Waals surface area contributed by atoms with Gasteiger partial charge in [0.15, 0.2) is 5.82 Å². The van der Waals surface area contributed by atoms with Gasteiger partial charge in [-0.25, -0.2) is 4.98 Å². The highest BCUT2D eigenvalue weighted by molar-refractivity contribution is 5.91. The molecule has 1 aliphatic heterocycles. The lowest BCUT2D eigenvalue weighted by molar-refractivity contribution is 0.0995. The maximum atomic E-state index is 11.1. The number of piperidine rings is 1. The highest BCUT2D eigenvalue weighted by Crippen LogP contribution is 2.26. The zero-order chi connectivity index (χ0) is 13.3. The molecule has 0 spiro atoms. The molecule has 0 aromatic carbocycles. The van der Waals surface area contributed by atoms with Crippen LogP contribution in [0.15, 0.2) is 12.1 Å². The molecule has 98 valence electrons. The third-order valence-corrected chi connectivity index (χ3v) is 3.38. The molecule has 1 saturated heterocycles. The number of rotatable bonds is 2. The molecule has 0 bridgehead atoms. The second-order valence-electron chi connectivity index (χ2n) is 4.75. The second kappa shape index (κ2) is 4.81. The van der Waals surface area contributed by atoms with E-state index in [9.17, 15) is 9.90 Å². The van der Waals surface area contributed by atoms with Gasteiger partial charge in [0, 0.05) is 13.1 Å². The Kier molecular flexibility index (Phi) is 3.38. The molecule has 0 aliphatic carbocycles. The first-order valence-corrected chi connectivity index (χ1v) is 5.98. The Morgan fingerprint density at radius 2 is 2.28 bits per heavy atom. The number of nitrogens with zero attached hydrogens (tertiary/aromatic N) is 2. The highest BCUT2D eigenvalue weighted by Gasteiger charge is 2.26. The Bertz CT molecular complexity index is 463. The van der Waals surface area contributed by atoms with E-state index in [-0.39, 0.29) is 11.6 Å². The molecule has 2 atom stereocenters. The van der Waals surface area contributed by atoms with E-state index in [1.165, 1.54) is 6.07 Å². The molecule has 6 nitrogen and oxygen atoms in total. The summed E-state index contributed by atoms with van der Waals surface area (Å²) in [5, 5.41) is 9.88. The Hall–Kier alpha value is -1.82. The Labute approximate surface area is 106 Å². The number of carbonyl (C=O) groups is 1. The number of nitrogen functional groups attached to an aromatic ring is 1. The maximum absolute atomic E-state index is 11.1. The van der Waals surface area contributed by atoms with Crippen LogP contribution in [0.4, 0.5) is 11.5 Å². The average molecular weight is 250 g/mol. The number of hydrogen-bond acceptors (Lipinski definition) is 5. The number of aromatic nitrogens is 1. The van der Waals surface area contributed by atoms with Crippen LogP contribution in [0, 0.1) is 5.92 Å². The van der Waals surface area contributed by atoms with Gasteiger partial charge in [0.05, 0.1) is 11.8 Å². The fraction of sp³-hybridized carbons (Fsp3) is 0.500. The van der Waals surface area contributed by atoms with Crippen LogP contribution >= 0.6 is 0 Å². The van der Waals surface area contributed by atoms with Gasteiger partial charge in [-0.1, -0.05) is 6.92 Å². The molecule has 6 heteroatoms. The molecule has 0 saturated carbocycles. The maximum Gasteiger partial charge on any atom is 0.267 e. The van der Waals surface area contributed by atoms with Crippen molar-refractivity contribution in [3.05, 3.63) is 17.8 Å². The normalized spacial score (nSPS) is 24.0. The molecule has 1 aliphatic rings. The smallest absolute Gasteiger partial charge is 0.267 e. The number of β-amino-alcohol motifs (C(OH)–C–C–N with tert-alkyl or cyclic N) is 1. The van der Waals surface area contributed by atoms with Crippen LogP contribution in [0.3, 0.4) is 0 Å². The Balaban J connectivity index is 2.27. The summed E-state index contributed by atoms with van der Waals surface area (Å²) in [5.41, 5.74) is 11.7. The molecule has 0 radical (unpaired) electrons. The van der Waals surface area contributed by atoms with Crippen molar-refractivity contribution in [1.29, 1.82) is 0 Å². The van der Waals surface area contributed by atoms with Crippen molar-refractivity contribution in [1.82, 2.24) is 4.98 Å². The highest BCUT2D eigenvalue weighted by atomic mass is 16.3. The van der Waals surface area contributed by atoms with Gasteiger partial charge in [-0.05, 0) is 24.5 Å². The fourth-order valence-electron chi connectivity index (χ4n) is 2.09. The van der Waals surface area contributed by atoms with Crippen LogP contribution in [0.25, 0.3) is 0 Å². The number of hydrogen-bond donors (Lipinski definition) is 3. The van der Waals surface area contributed by atoms with Gasteiger partial charge in [0.1, 0.15) is 5.69 Å². The van der Waals surface area contributed by atoms with Gasteiger partial charge in [-0.2, -0.15) is 0 Å². The average Bonchev–Trinajstić information content (AvgIpc) is 2.33. The largest absolute Gasteiger partial charge is 0.396 e. The van der Waals surface area contributed by atoms with Gasteiger partial charge in [0.25, 0.3) is 5.91 Å². The quantitative estimate of drug-likeness (QED) is 0.683. The summed E-state index contributed by atoms with van der Waals surface area (Å²) in [6.45, 7) is 3.25. The van der Waals surface area contributed by atoms with E-state index in [0.717, 1.165) is 13.0 Å². The summed E-state index contributed by atoms with van der Waals surface area (Å²) in [5.74, 6) is 0.209. The van der Waals surface area contributed by atoms with Gasteiger partial charge >= 0.3 is 0 Å². The standard InChI is InChI=1S/C12H18N4O2/c1-7-4-5-16(6-10(7)17)12-8(13)2-3-9(15-12)11(14)18/h2-3,7,10,17H,4-6,13H2,1H3,(H2,14,18). The van der Waals surface area contributed by atoms with E-state index in [1.54, 1.807) is 6.07 Å². The molecule has 18 heavy (non-hydrogen) atoms. The van der Waals surface area contributed by atoms with Crippen LogP contribution in [0.1, 0.15) is 23.8 Å². The third-order valence-electron chi connectivity index (χ3n) is 3.38. The fourth-order valence-corrected chi connectivity index (χ4v) is 2.09. The number of amides is 1. The molecule has 5 N–H and O–H groups in total. The molecule has 2 rings (SSSR count). The zero-order valence-electron chi connectivity index (χ0n) is 10.3. The monoisotopic (exact) mass is 250 g/mol. The van der Waals surface area contributed by atoms with Crippen molar-refractivity contribution in [2.24, 2.45) is 11.7 Å². The summed E-state index contributed by atoms with van der Waals surface area (Å²) < 4.78 is 0. The second-order valence-corrected chi connectivity index (χ2v) is 4.75. The van der Waals surface area contributed by atoms with E-state index in [4.69, 9.17) is 11.5 Å². The van der Waals surface area contributed by atoms with Gasteiger partial charge in [-0.3, -0.25) is 4.79 Å². The lowest BCUT2D eigenvalue weighted by Gasteiger charge is -2.35. The van der Waals surface area contributed by atoms with E-state index in [0.29, 0.717) is 18.1 Å². The number of pyridine rings is 1. The first kappa shape index (κ1) is 12.6. The molecular formula is C12H18N4O2. The van der Waals surface area contributed by atoms with Crippen molar-refractivity contribution in [2.45, 2.75) is 19.4 Å². The van der Waals surface area contributed by atoms with Crippen molar-refractivity contribution in [3.8, 4) is 0 Å². The predicted octanol–water partition coefficient (Wildman–Crippen LogP) is -0.0302. The van der Waals surface area contributed by atoms with Crippen molar-refractivity contribution < 1.29 is 9.90 Å². The van der Waals surface area contributed by atoms with Gasteiger partial charge < -0.3 is 21.5 Å². The number of anilines is 2. The van der Waals surface area contributed by atoms with E-state index >= 15 is 0 Å². The van der Waals surface area contributed by atoms with E-state index in [1.807, 2.05) is 11.8 Å². The molecule has 1 fully saturated rings. The Morgan fingerprint density at radius 1 is 1.56 bits per heavy atom. The summed E-state index contributed by atoms with van der Waals surface area (Å²) in [4.78, 5) is 17.2. The summed E-state index contributed by atoms with van der Waals surface area (Å²) in [6.07, 6.45) is 0.459. The number of carbonyl (C=O) groups excluding carboxylic acids is 1. The van der Waals surface area contributed by atoms with E-state index in [2.05, 4.69) is 4.98 Å². The van der Waals surface area contributed by atoms with E-state index < -0.39 is 12.0 Å². The minimum absolute atomic E-state index is 0.187. The minimum Gasteiger partial charge on any atom is -0.396 e. The number of nitrogens with two attached hydrogens (primary N) is 2. The first-order valence-electron chi connectivity index (χ1n) is 5.98. The number of primary amides is 1. The Morgan fingerprint density at radius 3 is 2.89 bits per heavy atom. The van der Waals surface area contributed by atoms with Crippen LogP contribution in [-0.2, 0) is 0 Å². The van der Waals surface area contributed by atoms with Gasteiger partial charge in [0.2, 0.25) is 0 Å². The predicted molar refractivity (Wildman–Crippen MR) is 69.2 cm³/mol. The molecule has 1 aromatic rings. The summed E-state index contributed by atoms with van der Waals surface area (Å²) in [6, 6.07) is 3.12. The minimum atomic E-state index is -0.581. The SMILES string of the molecule is CC1CCN(c2nc(C(N)=O)ccc2N)CC1O. The van der Waals surface area contributed by atoms with Crippen molar-refractivity contribution in [2.75, 3.05) is 23.7 Å².